The number of benzene rings is 2. The molecule has 29 heavy (non-hydrogen) atoms. The smallest absolute Gasteiger partial charge is 0.241 e. The number of amides is 2. The lowest BCUT2D eigenvalue weighted by atomic mass is 10.1. The van der Waals surface area contributed by atoms with E-state index in [4.69, 9.17) is 9.47 Å². The van der Waals surface area contributed by atoms with Gasteiger partial charge in [-0.3, -0.25) is 9.59 Å². The average molecular weight is 413 g/mol. The highest BCUT2D eigenvalue weighted by atomic mass is 32.2. The summed E-state index contributed by atoms with van der Waals surface area (Å²) >= 11 is 1.27. The molecule has 0 radical (unpaired) electrons. The molecular weight excluding hydrogens is 390 g/mol. The van der Waals surface area contributed by atoms with Crippen LogP contribution in [0.1, 0.15) is 35.9 Å². The van der Waals surface area contributed by atoms with Gasteiger partial charge in [0.05, 0.1) is 7.11 Å². The number of nitrogens with one attached hydrogen (secondary N) is 1. The van der Waals surface area contributed by atoms with Crippen LogP contribution in [-0.2, 0) is 16.2 Å². The van der Waals surface area contributed by atoms with Gasteiger partial charge in [-0.25, -0.2) is 5.01 Å². The van der Waals surface area contributed by atoms with E-state index in [1.54, 1.807) is 13.2 Å². The van der Waals surface area contributed by atoms with Gasteiger partial charge in [0.1, 0.15) is 23.5 Å². The monoisotopic (exact) mass is 413 g/mol. The number of rotatable bonds is 5. The maximum Gasteiger partial charge on any atom is 0.241 e. The van der Waals surface area contributed by atoms with Gasteiger partial charge in [0.15, 0.2) is 5.17 Å². The number of methoxy groups -OCH3 is 1. The van der Waals surface area contributed by atoms with Gasteiger partial charge in [0.25, 0.3) is 0 Å². The Morgan fingerprint density at radius 1 is 1.17 bits per heavy atom. The van der Waals surface area contributed by atoms with E-state index in [-0.39, 0.29) is 11.8 Å². The summed E-state index contributed by atoms with van der Waals surface area (Å²) in [5, 5.41) is 8.12. The number of hydrogen-bond acceptors (Lipinski definition) is 6. The third-order valence-corrected chi connectivity index (χ3v) is 5.33. The van der Waals surface area contributed by atoms with Gasteiger partial charge in [-0.1, -0.05) is 41.6 Å². The van der Waals surface area contributed by atoms with Crippen molar-refractivity contribution in [2.75, 3.05) is 7.11 Å². The van der Waals surface area contributed by atoms with Crippen LogP contribution in [0.4, 0.5) is 0 Å². The van der Waals surface area contributed by atoms with Crippen molar-refractivity contribution in [3.8, 4) is 11.5 Å². The topological polar surface area (TPSA) is 80.2 Å². The summed E-state index contributed by atoms with van der Waals surface area (Å²) in [6.45, 7) is 5.25. The van der Waals surface area contributed by atoms with Gasteiger partial charge in [0, 0.05) is 19.4 Å². The standard InChI is InChI=1S/C21H23N3O4S/c1-13-5-7-16(8-6-13)12-28-19-10-9-17(27-4)11-18(19)20-24(15(3)26)23-21(29-20)22-14(2)25/h5-11,20H,12H2,1-4H3,(H,22,23,25). The van der Waals surface area contributed by atoms with Gasteiger partial charge < -0.3 is 14.8 Å². The van der Waals surface area contributed by atoms with Crippen molar-refractivity contribution in [2.45, 2.75) is 32.8 Å². The van der Waals surface area contributed by atoms with Gasteiger partial charge in [-0.2, -0.15) is 0 Å². The molecule has 0 fully saturated rings. The molecular formula is C21H23N3O4S. The Kier molecular flexibility index (Phi) is 6.43. The lowest BCUT2D eigenvalue weighted by molar-refractivity contribution is -0.129. The number of aryl methyl sites for hydroxylation is 1. The highest BCUT2D eigenvalue weighted by Crippen LogP contribution is 2.44. The summed E-state index contributed by atoms with van der Waals surface area (Å²) in [5.74, 6) is 0.770. The van der Waals surface area contributed by atoms with Crippen LogP contribution in [0.15, 0.2) is 47.6 Å². The van der Waals surface area contributed by atoms with Crippen LogP contribution in [0.25, 0.3) is 0 Å². The van der Waals surface area contributed by atoms with Crippen molar-refractivity contribution >= 4 is 28.7 Å². The summed E-state index contributed by atoms with van der Waals surface area (Å²) in [4.78, 5) is 23.6. The Balaban J connectivity index is 1.89. The second-order valence-electron chi connectivity index (χ2n) is 6.60. The molecule has 8 heteroatoms. The average Bonchev–Trinajstić information content (AvgIpc) is 3.10. The van der Waals surface area contributed by atoms with E-state index in [0.717, 1.165) is 11.1 Å². The molecule has 3 rings (SSSR count). The van der Waals surface area contributed by atoms with E-state index < -0.39 is 5.37 Å². The molecule has 0 saturated heterocycles. The van der Waals surface area contributed by atoms with Crippen LogP contribution in [0.2, 0.25) is 0 Å². The SMILES string of the molecule is COc1ccc(OCc2ccc(C)cc2)c(C2SC(NC(C)=O)=NN2C(C)=O)c1. The number of amidine groups is 1. The van der Waals surface area contributed by atoms with Gasteiger partial charge in [-0.05, 0) is 30.7 Å². The number of thioether (sulfide) groups is 1. The molecule has 2 amide bonds. The van der Waals surface area contributed by atoms with Crippen LogP contribution in [0.3, 0.4) is 0 Å². The highest BCUT2D eigenvalue weighted by Gasteiger charge is 2.34. The van der Waals surface area contributed by atoms with Crippen molar-refractivity contribution in [3.63, 3.8) is 0 Å². The normalized spacial score (nSPS) is 15.7. The molecule has 0 spiro atoms. The maximum absolute atomic E-state index is 12.2. The Morgan fingerprint density at radius 2 is 1.90 bits per heavy atom. The number of carbonyl (C=O) groups is 2. The molecule has 0 saturated carbocycles. The van der Waals surface area contributed by atoms with Crippen molar-refractivity contribution in [2.24, 2.45) is 5.10 Å². The number of nitrogens with zero attached hydrogens (tertiary/aromatic N) is 2. The van der Waals surface area contributed by atoms with E-state index in [2.05, 4.69) is 10.4 Å². The predicted molar refractivity (Wildman–Crippen MR) is 113 cm³/mol. The minimum absolute atomic E-state index is 0.241. The van der Waals surface area contributed by atoms with Crippen LogP contribution in [0, 0.1) is 6.92 Å². The molecule has 1 aliphatic heterocycles. The molecule has 152 valence electrons. The number of ether oxygens (including phenoxy) is 2. The van der Waals surface area contributed by atoms with E-state index >= 15 is 0 Å². The summed E-state index contributed by atoms with van der Waals surface area (Å²) < 4.78 is 11.4. The summed E-state index contributed by atoms with van der Waals surface area (Å²) in [5.41, 5.74) is 2.96. The zero-order valence-electron chi connectivity index (χ0n) is 16.8. The first kappa shape index (κ1) is 20.7. The number of carbonyl (C=O) groups excluding carboxylic acids is 2. The zero-order chi connectivity index (χ0) is 21.0. The lowest BCUT2D eigenvalue weighted by Crippen LogP contribution is -2.25. The van der Waals surface area contributed by atoms with Crippen LogP contribution in [-0.4, -0.2) is 29.1 Å². The fraction of sp³-hybridized carbons (Fsp3) is 0.286. The predicted octanol–water partition coefficient (Wildman–Crippen LogP) is 3.58. The quantitative estimate of drug-likeness (QED) is 0.810. The fourth-order valence-corrected chi connectivity index (χ4v) is 3.94. The first-order valence-corrected chi connectivity index (χ1v) is 9.94. The molecule has 0 aliphatic carbocycles. The summed E-state index contributed by atoms with van der Waals surface area (Å²) in [6, 6.07) is 13.5. The Bertz CT molecular complexity index is 943. The third-order valence-electron chi connectivity index (χ3n) is 4.25. The van der Waals surface area contributed by atoms with E-state index in [1.807, 2.05) is 43.3 Å². The van der Waals surface area contributed by atoms with Crippen molar-refractivity contribution in [1.29, 1.82) is 0 Å². The van der Waals surface area contributed by atoms with Gasteiger partial charge >= 0.3 is 0 Å². The Labute approximate surface area is 174 Å². The molecule has 2 aromatic rings. The third kappa shape index (κ3) is 5.08. The minimum atomic E-state index is -0.475. The first-order chi connectivity index (χ1) is 13.9. The maximum atomic E-state index is 12.2. The van der Waals surface area contributed by atoms with Gasteiger partial charge in [-0.15, -0.1) is 5.10 Å². The Morgan fingerprint density at radius 3 is 2.52 bits per heavy atom. The van der Waals surface area contributed by atoms with Gasteiger partial charge in [0.2, 0.25) is 11.8 Å². The second kappa shape index (κ2) is 9.00. The Hall–Kier alpha value is -3.00. The molecule has 0 bridgehead atoms. The van der Waals surface area contributed by atoms with Crippen molar-refractivity contribution in [3.05, 3.63) is 59.2 Å². The van der Waals surface area contributed by atoms with Crippen molar-refractivity contribution in [1.82, 2.24) is 10.3 Å². The van der Waals surface area contributed by atoms with Crippen molar-refractivity contribution < 1.29 is 19.1 Å². The molecule has 0 aromatic heterocycles. The lowest BCUT2D eigenvalue weighted by Gasteiger charge is -2.22. The van der Waals surface area contributed by atoms with Crippen LogP contribution in [0.5, 0.6) is 11.5 Å². The van der Waals surface area contributed by atoms with Crippen LogP contribution < -0.4 is 14.8 Å². The summed E-state index contributed by atoms with van der Waals surface area (Å²) in [7, 11) is 1.58. The largest absolute Gasteiger partial charge is 0.497 e. The molecule has 2 aromatic carbocycles. The van der Waals surface area contributed by atoms with E-state index in [0.29, 0.717) is 23.3 Å². The molecule has 1 N–H and O–H groups in total. The second-order valence-corrected chi connectivity index (χ2v) is 7.67. The fourth-order valence-electron chi connectivity index (χ4n) is 2.79. The molecule has 1 unspecified atom stereocenters. The number of hydrazone groups is 1. The summed E-state index contributed by atoms with van der Waals surface area (Å²) in [6.07, 6.45) is 0. The van der Waals surface area contributed by atoms with E-state index in [1.165, 1.54) is 36.2 Å². The number of hydrogen-bond donors (Lipinski definition) is 1. The molecule has 1 atom stereocenters. The molecule has 1 aliphatic rings. The highest BCUT2D eigenvalue weighted by molar-refractivity contribution is 8.14. The van der Waals surface area contributed by atoms with Crippen LogP contribution >= 0.6 is 11.8 Å². The first-order valence-electron chi connectivity index (χ1n) is 9.06. The molecule has 1 heterocycles. The zero-order valence-corrected chi connectivity index (χ0v) is 17.6. The molecule has 7 nitrogen and oxygen atoms in total. The van der Waals surface area contributed by atoms with E-state index in [9.17, 15) is 9.59 Å². The minimum Gasteiger partial charge on any atom is -0.497 e.